The molecule has 3 rings (SSSR count). The summed E-state index contributed by atoms with van der Waals surface area (Å²) in [6.45, 7) is 21.2. The average Bonchev–Trinajstić information content (AvgIpc) is 3.20. The lowest BCUT2D eigenvalue weighted by Gasteiger charge is -2.52. The number of amides is 5. The second-order valence-corrected chi connectivity index (χ2v) is 21.6. The minimum absolute atomic E-state index is 0.0714. The molecule has 13 atom stereocenters. The molecular weight excluding hydrogens is 935 g/mol. The number of alkyl carbamates (subject to hydrolysis) is 3. The van der Waals surface area contributed by atoms with E-state index in [0.717, 1.165) is 4.90 Å². The van der Waals surface area contributed by atoms with Crippen molar-refractivity contribution in [3.63, 3.8) is 0 Å². The lowest BCUT2D eigenvalue weighted by atomic mass is 9.72. The van der Waals surface area contributed by atoms with Crippen molar-refractivity contribution >= 4 is 30.3 Å². The van der Waals surface area contributed by atoms with Crippen molar-refractivity contribution in [3.05, 3.63) is 24.2 Å². The van der Waals surface area contributed by atoms with Gasteiger partial charge in [-0.25, -0.2) is 19.2 Å². The smallest absolute Gasteiger partial charge is 0.412 e. The predicted octanol–water partition coefficient (Wildman–Crippen LogP) is 1.10. The fourth-order valence-corrected chi connectivity index (χ4v) is 8.42. The second kappa shape index (κ2) is 25.9. The number of nitrogens with zero attached hydrogens (tertiary/aromatic N) is 1. The van der Waals surface area contributed by atoms with Crippen molar-refractivity contribution in [1.29, 1.82) is 0 Å². The summed E-state index contributed by atoms with van der Waals surface area (Å²) in [6, 6.07) is -4.92. The van der Waals surface area contributed by atoms with Crippen LogP contribution in [-0.2, 0) is 38.0 Å². The molecular formula is C47H83N7O17. The Morgan fingerprint density at radius 1 is 0.887 bits per heavy atom. The summed E-state index contributed by atoms with van der Waals surface area (Å²) < 4.78 is 40.6. The van der Waals surface area contributed by atoms with Gasteiger partial charge in [0.05, 0.1) is 49.2 Å². The first-order chi connectivity index (χ1) is 32.7. The zero-order chi connectivity index (χ0) is 53.8. The van der Waals surface area contributed by atoms with Crippen molar-refractivity contribution in [2.75, 3.05) is 39.8 Å². The van der Waals surface area contributed by atoms with E-state index in [1.165, 1.54) is 20.9 Å². The molecule has 24 nitrogen and oxygen atoms in total. The van der Waals surface area contributed by atoms with Crippen LogP contribution in [0.25, 0.3) is 0 Å². The standard InChI is InChI=1S/C47H83N7O17/c1-25(2)66-41(61)52-28-17-16-27(23-49-22-26(55)15-14-19-48)67-35(28)32-29(53-42(62)70-45(6,7)8)21-30(51-38(59)31(56)18-20-50-40(60)69-44(3,4)5)36(33(32)57)68-39-34(58)37(47(12,64)24-65-39)54(13)43(63)71-46(9,10)11/h16,26,28-37,39,49,55-58,64H,1,14-15,17-24,48H2,2-13H3,(H,50,60)(H,51,59)(H,52,61)(H,53,62)/t26?,28-,29+,30-,31+,32?,33+,34-,35+,36+,37-,39-,47+/m1/s1. The Balaban J connectivity index is 2.15. The molecule has 0 aromatic carbocycles. The number of nitrogens with two attached hydrogens (primary N) is 1. The highest BCUT2D eigenvalue weighted by Gasteiger charge is 2.56. The van der Waals surface area contributed by atoms with Crippen LogP contribution in [0.5, 0.6) is 0 Å². The first kappa shape index (κ1) is 60.8. The molecule has 0 bridgehead atoms. The van der Waals surface area contributed by atoms with Gasteiger partial charge in [0.2, 0.25) is 5.91 Å². The molecule has 0 spiro atoms. The fourth-order valence-electron chi connectivity index (χ4n) is 8.42. The summed E-state index contributed by atoms with van der Waals surface area (Å²) in [7, 11) is 1.31. The quantitative estimate of drug-likeness (QED) is 0.0637. The summed E-state index contributed by atoms with van der Waals surface area (Å²) in [5.41, 5.74) is 0.962. The minimum Gasteiger partial charge on any atom is -0.491 e. The molecule has 2 aliphatic heterocycles. The first-order valence-corrected chi connectivity index (χ1v) is 24.1. The molecule has 0 aromatic rings. The Morgan fingerprint density at radius 3 is 2.08 bits per heavy atom. The first-order valence-electron chi connectivity index (χ1n) is 24.1. The SMILES string of the molecule is C=C(C)OC(=O)N[C@@H]1CC=C(CNCC(O)CCCN)O[C@@H]1C1[C@@H](NC(=O)OC(C)(C)C)C[C@@H](NC(=O)[C@@H](O)CCNC(=O)OC(C)(C)C)[C@H](O[C@H]2OC[C@](C)(O)[C@H](N(C)C(=O)OC(C)(C)C)[C@H]2O)[C@H]1O. The van der Waals surface area contributed by atoms with E-state index >= 15 is 0 Å². The number of rotatable bonds is 19. The molecule has 2 unspecified atom stereocenters. The Labute approximate surface area is 417 Å². The number of aliphatic hydroxyl groups excluding tert-OH is 4. The Morgan fingerprint density at radius 2 is 1.49 bits per heavy atom. The van der Waals surface area contributed by atoms with Gasteiger partial charge in [-0.1, -0.05) is 6.58 Å². The third-order valence-corrected chi connectivity index (χ3v) is 11.3. The molecule has 71 heavy (non-hydrogen) atoms. The highest BCUT2D eigenvalue weighted by molar-refractivity contribution is 5.81. The van der Waals surface area contributed by atoms with Crippen molar-refractivity contribution in [2.24, 2.45) is 11.7 Å². The third kappa shape index (κ3) is 19.8. The minimum atomic E-state index is -1.88. The maximum absolute atomic E-state index is 13.9. The van der Waals surface area contributed by atoms with E-state index < -0.39 is 132 Å². The summed E-state index contributed by atoms with van der Waals surface area (Å²) >= 11 is 0. The maximum Gasteiger partial charge on any atom is 0.412 e. The largest absolute Gasteiger partial charge is 0.491 e. The summed E-state index contributed by atoms with van der Waals surface area (Å²) in [5.74, 6) is -1.84. The zero-order valence-corrected chi connectivity index (χ0v) is 43.4. The van der Waals surface area contributed by atoms with Crippen LogP contribution in [0.1, 0.15) is 108 Å². The van der Waals surface area contributed by atoms with E-state index in [-0.39, 0.29) is 44.7 Å². The molecule has 24 heteroatoms. The number of ether oxygens (including phenoxy) is 7. The molecule has 408 valence electrons. The van der Waals surface area contributed by atoms with Gasteiger partial charge in [0.15, 0.2) is 6.29 Å². The monoisotopic (exact) mass is 1020 g/mol. The van der Waals surface area contributed by atoms with Gasteiger partial charge in [0.25, 0.3) is 0 Å². The molecule has 0 radical (unpaired) electrons. The van der Waals surface area contributed by atoms with E-state index in [1.54, 1.807) is 68.4 Å². The van der Waals surface area contributed by atoms with Gasteiger partial charge < -0.3 is 95.9 Å². The number of hydrogen-bond acceptors (Lipinski definition) is 19. The van der Waals surface area contributed by atoms with Crippen molar-refractivity contribution in [1.82, 2.24) is 31.5 Å². The van der Waals surface area contributed by atoms with Crippen LogP contribution in [0.3, 0.4) is 0 Å². The van der Waals surface area contributed by atoms with E-state index in [9.17, 15) is 49.5 Å². The molecule has 2 heterocycles. The van der Waals surface area contributed by atoms with Crippen LogP contribution in [0.4, 0.5) is 19.2 Å². The molecule has 1 aliphatic carbocycles. The summed E-state index contributed by atoms with van der Waals surface area (Å²) in [5, 5.41) is 71.8. The molecule has 5 amide bonds. The predicted molar refractivity (Wildman–Crippen MR) is 256 cm³/mol. The lowest BCUT2D eigenvalue weighted by Crippen LogP contribution is -2.71. The third-order valence-electron chi connectivity index (χ3n) is 11.3. The number of nitrogens with one attached hydrogen (secondary N) is 5. The Hall–Kier alpha value is -4.53. The number of allylic oxidation sites excluding steroid dienone is 1. The van der Waals surface area contributed by atoms with E-state index in [4.69, 9.17) is 38.9 Å². The van der Waals surface area contributed by atoms with Gasteiger partial charge in [-0.05, 0) is 121 Å². The van der Waals surface area contributed by atoms with Crippen LogP contribution in [0.2, 0.25) is 0 Å². The summed E-state index contributed by atoms with van der Waals surface area (Å²) in [4.78, 5) is 67.5. The number of likely N-dealkylation sites (N-methyl/N-ethyl adjacent to an activating group) is 1. The molecule has 1 saturated carbocycles. The topological polar surface area (TPSA) is 341 Å². The zero-order valence-electron chi connectivity index (χ0n) is 43.4. The van der Waals surface area contributed by atoms with Gasteiger partial charge in [-0.2, -0.15) is 0 Å². The molecule has 3 aliphatic rings. The van der Waals surface area contributed by atoms with Crippen LogP contribution in [0.15, 0.2) is 24.2 Å². The van der Waals surface area contributed by atoms with Crippen molar-refractivity contribution < 1.29 is 82.7 Å². The lowest BCUT2D eigenvalue weighted by molar-refractivity contribution is -0.305. The fraction of sp³-hybridized carbons (Fsp3) is 0.809. The van der Waals surface area contributed by atoms with Crippen LogP contribution in [-0.4, -0.2) is 190 Å². The van der Waals surface area contributed by atoms with Gasteiger partial charge >= 0.3 is 24.4 Å². The Kier molecular flexibility index (Phi) is 22.2. The molecule has 1 saturated heterocycles. The maximum atomic E-state index is 13.9. The second-order valence-electron chi connectivity index (χ2n) is 21.6. The molecule has 0 aromatic heterocycles. The number of carbonyl (C=O) groups excluding carboxylic acids is 5. The van der Waals surface area contributed by atoms with E-state index in [1.807, 2.05) is 0 Å². The van der Waals surface area contributed by atoms with Gasteiger partial charge in [0.1, 0.15) is 52.6 Å². The van der Waals surface area contributed by atoms with Gasteiger partial charge in [-0.3, -0.25) is 4.79 Å². The van der Waals surface area contributed by atoms with Crippen LogP contribution < -0.4 is 32.3 Å². The highest BCUT2D eigenvalue weighted by atomic mass is 16.7. The van der Waals surface area contributed by atoms with Crippen LogP contribution >= 0.6 is 0 Å². The van der Waals surface area contributed by atoms with Crippen molar-refractivity contribution in [3.8, 4) is 0 Å². The Bertz CT molecular complexity index is 1830. The van der Waals surface area contributed by atoms with E-state index in [2.05, 4.69) is 33.2 Å². The average molecular weight is 1020 g/mol. The number of carbonyl (C=O) groups is 5. The number of aliphatic hydroxyl groups is 5. The van der Waals surface area contributed by atoms with E-state index in [0.29, 0.717) is 25.1 Å². The molecule has 12 N–H and O–H groups in total. The molecule has 2 fully saturated rings. The normalized spacial score (nSPS) is 28.9. The summed E-state index contributed by atoms with van der Waals surface area (Å²) in [6.07, 6.45) is -11.9. The highest BCUT2D eigenvalue weighted by Crippen LogP contribution is 2.39. The van der Waals surface area contributed by atoms with Crippen LogP contribution in [0, 0.1) is 5.92 Å². The number of hydrogen-bond donors (Lipinski definition) is 11. The van der Waals surface area contributed by atoms with Gasteiger partial charge in [-0.15, -0.1) is 0 Å². The van der Waals surface area contributed by atoms with Gasteiger partial charge in [0, 0.05) is 32.1 Å². The van der Waals surface area contributed by atoms with Crippen molar-refractivity contribution in [2.45, 2.75) is 198 Å².